The summed E-state index contributed by atoms with van der Waals surface area (Å²) >= 11 is 6.01. The number of hydrogen-bond donors (Lipinski definition) is 0. The lowest BCUT2D eigenvalue weighted by molar-refractivity contribution is 0.490. The third-order valence-corrected chi connectivity index (χ3v) is 5.39. The molecule has 0 fully saturated rings. The molecule has 2 nitrogen and oxygen atoms in total. The van der Waals surface area contributed by atoms with Crippen molar-refractivity contribution in [3.8, 4) is 0 Å². The molecule has 1 aliphatic rings. The predicted octanol–water partition coefficient (Wildman–Crippen LogP) is 5.91. The van der Waals surface area contributed by atoms with Crippen molar-refractivity contribution in [2.24, 2.45) is 4.99 Å². The Hall–Kier alpha value is -2.58. The van der Waals surface area contributed by atoms with Crippen molar-refractivity contribution in [3.63, 3.8) is 0 Å². The topological polar surface area (TPSA) is 15.6 Å². The summed E-state index contributed by atoms with van der Waals surface area (Å²) in [7, 11) is 2.14. The van der Waals surface area contributed by atoms with Crippen LogP contribution in [0.5, 0.6) is 0 Å². The Bertz CT molecular complexity index is 932. The number of nitrogens with zero attached hydrogens (tertiary/aromatic N) is 2. The van der Waals surface area contributed by atoms with Crippen LogP contribution in [0, 0.1) is 0 Å². The molecule has 0 saturated heterocycles. The molecule has 27 heavy (non-hydrogen) atoms. The smallest absolute Gasteiger partial charge is 0.102 e. The van der Waals surface area contributed by atoms with E-state index in [0.717, 1.165) is 30.2 Å². The Morgan fingerprint density at radius 1 is 0.889 bits per heavy atom. The Labute approximate surface area is 166 Å². The van der Waals surface area contributed by atoms with E-state index in [-0.39, 0.29) is 6.04 Å². The quantitative estimate of drug-likeness (QED) is 0.554. The van der Waals surface area contributed by atoms with Crippen LogP contribution in [0.2, 0.25) is 5.02 Å². The molecule has 136 valence electrons. The third kappa shape index (κ3) is 4.06. The number of halogens is 1. The van der Waals surface area contributed by atoms with Gasteiger partial charge in [-0.3, -0.25) is 4.99 Å². The normalized spacial score (nSPS) is 16.4. The van der Waals surface area contributed by atoms with Crippen molar-refractivity contribution in [2.45, 2.75) is 25.4 Å². The number of benzene rings is 3. The number of amidine groups is 1. The summed E-state index contributed by atoms with van der Waals surface area (Å²) in [5.41, 5.74) is 5.17. The van der Waals surface area contributed by atoms with Gasteiger partial charge in [0.15, 0.2) is 0 Å². The van der Waals surface area contributed by atoms with Gasteiger partial charge >= 0.3 is 0 Å². The van der Waals surface area contributed by atoms with Crippen molar-refractivity contribution in [3.05, 3.63) is 106 Å². The van der Waals surface area contributed by atoms with Crippen LogP contribution in [-0.2, 0) is 13.0 Å². The van der Waals surface area contributed by atoms with Gasteiger partial charge < -0.3 is 4.90 Å². The van der Waals surface area contributed by atoms with Gasteiger partial charge in [-0.2, -0.15) is 0 Å². The average Bonchev–Trinajstić information content (AvgIpc) is 2.84. The van der Waals surface area contributed by atoms with Crippen molar-refractivity contribution in [1.29, 1.82) is 0 Å². The molecule has 0 saturated carbocycles. The maximum Gasteiger partial charge on any atom is 0.102 e. The first-order valence-corrected chi connectivity index (χ1v) is 9.73. The zero-order chi connectivity index (χ0) is 18.6. The van der Waals surface area contributed by atoms with Crippen LogP contribution >= 0.6 is 11.6 Å². The van der Waals surface area contributed by atoms with Gasteiger partial charge in [0.2, 0.25) is 0 Å². The molecule has 0 N–H and O–H groups in total. The van der Waals surface area contributed by atoms with E-state index in [0.29, 0.717) is 0 Å². The van der Waals surface area contributed by atoms with Gasteiger partial charge in [0, 0.05) is 25.0 Å². The van der Waals surface area contributed by atoms with Crippen molar-refractivity contribution in [1.82, 2.24) is 4.90 Å². The number of aliphatic imine (C=N–C) groups is 1. The molecule has 1 heterocycles. The fraction of sp³-hybridized carbons (Fsp3) is 0.208. The van der Waals surface area contributed by atoms with Crippen LogP contribution in [0.4, 0.5) is 0 Å². The first kappa shape index (κ1) is 17.8. The summed E-state index contributed by atoms with van der Waals surface area (Å²) in [5, 5.41) is 0.780. The van der Waals surface area contributed by atoms with E-state index in [1.54, 1.807) is 0 Å². The first-order valence-electron chi connectivity index (χ1n) is 9.36. The highest BCUT2D eigenvalue weighted by Crippen LogP contribution is 2.32. The van der Waals surface area contributed by atoms with Gasteiger partial charge in [0.1, 0.15) is 11.9 Å². The summed E-state index contributed by atoms with van der Waals surface area (Å²) in [6, 6.07) is 27.4. The lowest BCUT2D eigenvalue weighted by Crippen LogP contribution is -2.26. The van der Waals surface area contributed by atoms with Crippen LogP contribution in [0.15, 0.2) is 83.9 Å². The number of fused-ring (bicyclic) bond motifs is 1. The fourth-order valence-corrected chi connectivity index (χ4v) is 3.79. The standard InChI is InChI=1S/C24H23ClN2/c1-27-17-20-9-5-6-10-22(20)24(19-7-3-2-4-8-19)26-23(27)16-13-18-11-14-21(25)15-12-18/h2-12,14-15,24H,13,16-17H2,1H3. The van der Waals surface area contributed by atoms with Gasteiger partial charge in [0.25, 0.3) is 0 Å². The minimum absolute atomic E-state index is 0.0487. The molecule has 1 unspecified atom stereocenters. The Morgan fingerprint density at radius 3 is 2.37 bits per heavy atom. The van der Waals surface area contributed by atoms with E-state index >= 15 is 0 Å². The number of aryl methyl sites for hydroxylation is 1. The SMILES string of the molecule is CN1Cc2ccccc2C(c2ccccc2)N=C1CCc1ccc(Cl)cc1. The highest BCUT2D eigenvalue weighted by molar-refractivity contribution is 6.30. The van der Waals surface area contributed by atoms with Crippen molar-refractivity contribution < 1.29 is 0 Å². The second-order valence-electron chi connectivity index (χ2n) is 7.04. The zero-order valence-corrected chi connectivity index (χ0v) is 16.2. The molecule has 0 bridgehead atoms. The molecule has 0 aliphatic carbocycles. The van der Waals surface area contributed by atoms with Gasteiger partial charge in [0.05, 0.1) is 0 Å². The van der Waals surface area contributed by atoms with E-state index < -0.39 is 0 Å². The summed E-state index contributed by atoms with van der Waals surface area (Å²) in [5.74, 6) is 1.15. The van der Waals surface area contributed by atoms with Gasteiger partial charge in [-0.25, -0.2) is 0 Å². The highest BCUT2D eigenvalue weighted by Gasteiger charge is 2.23. The molecule has 1 aliphatic heterocycles. The second-order valence-corrected chi connectivity index (χ2v) is 7.48. The van der Waals surface area contributed by atoms with Crippen molar-refractivity contribution >= 4 is 17.4 Å². The average molecular weight is 375 g/mol. The van der Waals surface area contributed by atoms with Crippen LogP contribution in [0.25, 0.3) is 0 Å². The predicted molar refractivity (Wildman–Crippen MR) is 113 cm³/mol. The van der Waals surface area contributed by atoms with E-state index in [4.69, 9.17) is 16.6 Å². The lowest BCUT2D eigenvalue weighted by atomic mass is 9.95. The molecule has 0 amide bonds. The Kier molecular flexibility index (Phi) is 5.26. The molecular weight excluding hydrogens is 352 g/mol. The minimum Gasteiger partial charge on any atom is -0.359 e. The maximum atomic E-state index is 6.01. The molecule has 0 radical (unpaired) electrons. The van der Waals surface area contributed by atoms with Crippen LogP contribution < -0.4 is 0 Å². The first-order chi connectivity index (χ1) is 13.2. The molecule has 1 atom stereocenters. The van der Waals surface area contributed by atoms with Gasteiger partial charge in [-0.15, -0.1) is 0 Å². The van der Waals surface area contributed by atoms with Crippen LogP contribution in [0.3, 0.4) is 0 Å². The lowest BCUT2D eigenvalue weighted by Gasteiger charge is -2.20. The molecule has 3 heteroatoms. The molecular formula is C24H23ClN2. The Morgan fingerprint density at radius 2 is 1.59 bits per heavy atom. The summed E-state index contributed by atoms with van der Waals surface area (Å²) < 4.78 is 0. The van der Waals surface area contributed by atoms with Gasteiger partial charge in [-0.05, 0) is 40.8 Å². The van der Waals surface area contributed by atoms with Crippen LogP contribution in [0.1, 0.15) is 34.7 Å². The number of hydrogen-bond acceptors (Lipinski definition) is 2. The van der Waals surface area contributed by atoms with E-state index in [9.17, 15) is 0 Å². The van der Waals surface area contributed by atoms with E-state index in [2.05, 4.69) is 78.7 Å². The molecule has 3 aromatic carbocycles. The largest absolute Gasteiger partial charge is 0.359 e. The van der Waals surface area contributed by atoms with E-state index in [1.807, 2.05) is 12.1 Å². The third-order valence-electron chi connectivity index (χ3n) is 5.14. The summed E-state index contributed by atoms with van der Waals surface area (Å²) in [6.07, 6.45) is 1.87. The Balaban J connectivity index is 1.66. The molecule has 3 aromatic rings. The molecule has 0 aromatic heterocycles. The maximum absolute atomic E-state index is 6.01. The summed E-state index contributed by atoms with van der Waals surface area (Å²) in [6.45, 7) is 0.888. The number of rotatable bonds is 4. The monoisotopic (exact) mass is 374 g/mol. The van der Waals surface area contributed by atoms with E-state index in [1.165, 1.54) is 22.3 Å². The highest BCUT2D eigenvalue weighted by atomic mass is 35.5. The fourth-order valence-electron chi connectivity index (χ4n) is 3.66. The van der Waals surface area contributed by atoms with Crippen molar-refractivity contribution in [2.75, 3.05) is 7.05 Å². The second kappa shape index (κ2) is 7.98. The minimum atomic E-state index is 0.0487. The zero-order valence-electron chi connectivity index (χ0n) is 15.5. The summed E-state index contributed by atoms with van der Waals surface area (Å²) in [4.78, 5) is 7.51. The van der Waals surface area contributed by atoms with Crippen LogP contribution in [-0.4, -0.2) is 17.8 Å². The van der Waals surface area contributed by atoms with Gasteiger partial charge in [-0.1, -0.05) is 78.3 Å². The molecule has 4 rings (SSSR count). The molecule has 0 spiro atoms.